The molecule has 0 amide bonds. The lowest BCUT2D eigenvalue weighted by molar-refractivity contribution is -0.274. The molecule has 0 spiro atoms. The van der Waals surface area contributed by atoms with Crippen LogP contribution in [0, 0.1) is 0 Å². The van der Waals surface area contributed by atoms with E-state index < -0.39 is 61.1 Å². The van der Waals surface area contributed by atoms with Crippen LogP contribution in [0.25, 0.3) is 11.0 Å². The minimum atomic E-state index is -5.00. The molecule has 2 aromatic heterocycles. The summed E-state index contributed by atoms with van der Waals surface area (Å²) >= 11 is 0. The first-order valence-corrected chi connectivity index (χ1v) is 9.18. The maximum Gasteiger partial charge on any atom is 0.573 e. The number of aromatic nitrogens is 3. The number of hydrogen-bond donors (Lipinski definition) is 3. The fraction of sp³-hybridized carbons (Fsp3) is 0.389. The normalized spacial score (nSPS) is 23.7. The molecule has 4 atom stereocenters. The molecular formula is C18H16F3N3O8. The predicted molar refractivity (Wildman–Crippen MR) is 97.8 cm³/mol. The molecule has 0 saturated carbocycles. The summed E-state index contributed by atoms with van der Waals surface area (Å²) in [7, 11) is 0. The summed E-state index contributed by atoms with van der Waals surface area (Å²) in [5.41, 5.74) is -2.06. The quantitative estimate of drug-likeness (QED) is 0.468. The van der Waals surface area contributed by atoms with Crippen LogP contribution in [0.15, 0.2) is 44.6 Å². The van der Waals surface area contributed by atoms with Crippen LogP contribution < -0.4 is 16.0 Å². The van der Waals surface area contributed by atoms with Gasteiger partial charge >= 0.3 is 12.1 Å². The number of aliphatic hydroxyl groups excluding tert-OH is 3. The summed E-state index contributed by atoms with van der Waals surface area (Å²) in [6.45, 7) is -1.21. The van der Waals surface area contributed by atoms with E-state index in [2.05, 4.69) is 9.89 Å². The van der Waals surface area contributed by atoms with Crippen LogP contribution in [-0.4, -0.2) is 60.9 Å². The van der Waals surface area contributed by atoms with E-state index >= 15 is 0 Å². The standard InChI is InChI=1S/C18H16F3N3O8/c19-18(20,21)31-9-2-1-3-10-13(9)8(22-32-10)6-24-12(26)4-5-23(17(24)29)16-15(28)14(27)11(7-25)30-16/h1-5,11,14-16,25,27-28H,6-7H2/t11-,14-,15-,16-/m1/s1. The average Bonchev–Trinajstić information content (AvgIpc) is 3.26. The van der Waals surface area contributed by atoms with Crippen LogP contribution >= 0.6 is 0 Å². The molecule has 3 heterocycles. The number of ether oxygens (including phenoxy) is 2. The predicted octanol–water partition coefficient (Wildman–Crippen LogP) is -0.290. The molecule has 1 aliphatic heterocycles. The van der Waals surface area contributed by atoms with Crippen molar-refractivity contribution in [2.75, 3.05) is 6.61 Å². The van der Waals surface area contributed by atoms with Gasteiger partial charge in [-0.3, -0.25) is 13.9 Å². The molecule has 1 saturated heterocycles. The molecule has 1 aromatic carbocycles. The minimum Gasteiger partial charge on any atom is -0.405 e. The van der Waals surface area contributed by atoms with Crippen LogP contribution in [0.3, 0.4) is 0 Å². The molecule has 0 aliphatic carbocycles. The number of benzene rings is 1. The lowest BCUT2D eigenvalue weighted by Crippen LogP contribution is -2.43. The van der Waals surface area contributed by atoms with Crippen molar-refractivity contribution in [3.8, 4) is 5.75 Å². The summed E-state index contributed by atoms with van der Waals surface area (Å²) in [6.07, 6.45) is -9.63. The molecule has 4 rings (SSSR count). The van der Waals surface area contributed by atoms with Crippen molar-refractivity contribution in [3.63, 3.8) is 0 Å². The number of hydrogen-bond acceptors (Lipinski definition) is 9. The Morgan fingerprint density at radius 1 is 1.16 bits per heavy atom. The second kappa shape index (κ2) is 8.05. The number of fused-ring (bicyclic) bond motifs is 1. The fourth-order valence-electron chi connectivity index (χ4n) is 3.47. The van der Waals surface area contributed by atoms with Crippen molar-refractivity contribution < 1.29 is 42.5 Å². The lowest BCUT2D eigenvalue weighted by atomic mass is 10.1. The van der Waals surface area contributed by atoms with Gasteiger partial charge in [-0.1, -0.05) is 11.2 Å². The highest BCUT2D eigenvalue weighted by molar-refractivity contribution is 5.86. The zero-order valence-corrected chi connectivity index (χ0v) is 16.0. The molecule has 32 heavy (non-hydrogen) atoms. The topological polar surface area (TPSA) is 149 Å². The first-order chi connectivity index (χ1) is 15.1. The fourth-order valence-corrected chi connectivity index (χ4v) is 3.47. The second-order valence-corrected chi connectivity index (χ2v) is 6.97. The van der Waals surface area contributed by atoms with Crippen molar-refractivity contribution in [2.45, 2.75) is 37.4 Å². The third-order valence-electron chi connectivity index (χ3n) is 4.95. The van der Waals surface area contributed by atoms with E-state index in [4.69, 9.17) is 9.26 Å². The lowest BCUT2D eigenvalue weighted by Gasteiger charge is -2.18. The van der Waals surface area contributed by atoms with Gasteiger partial charge in [0.15, 0.2) is 11.8 Å². The summed E-state index contributed by atoms with van der Waals surface area (Å²) in [6, 6.07) is 4.58. The van der Waals surface area contributed by atoms with Crippen LogP contribution in [-0.2, 0) is 11.3 Å². The first-order valence-electron chi connectivity index (χ1n) is 9.18. The van der Waals surface area contributed by atoms with Gasteiger partial charge in [0.2, 0.25) is 0 Å². The summed E-state index contributed by atoms with van der Waals surface area (Å²) in [4.78, 5) is 25.3. The molecule has 172 valence electrons. The number of rotatable bonds is 5. The number of halogens is 3. The van der Waals surface area contributed by atoms with Crippen molar-refractivity contribution >= 4 is 11.0 Å². The van der Waals surface area contributed by atoms with Gasteiger partial charge in [0.25, 0.3) is 5.56 Å². The van der Waals surface area contributed by atoms with Crippen molar-refractivity contribution in [2.24, 2.45) is 0 Å². The van der Waals surface area contributed by atoms with E-state index in [1.165, 1.54) is 12.1 Å². The Hall–Kier alpha value is -3.20. The van der Waals surface area contributed by atoms with E-state index in [0.29, 0.717) is 4.57 Å². The average molecular weight is 459 g/mol. The summed E-state index contributed by atoms with van der Waals surface area (Å²) in [5, 5.41) is 32.8. The second-order valence-electron chi connectivity index (χ2n) is 6.97. The van der Waals surface area contributed by atoms with Gasteiger partial charge in [-0.2, -0.15) is 0 Å². The molecule has 0 radical (unpaired) electrons. The Labute approximate surface area is 175 Å². The summed E-state index contributed by atoms with van der Waals surface area (Å²) < 4.78 is 54.0. The van der Waals surface area contributed by atoms with Gasteiger partial charge < -0.3 is 29.3 Å². The monoisotopic (exact) mass is 459 g/mol. The zero-order valence-electron chi connectivity index (χ0n) is 16.0. The summed E-state index contributed by atoms with van der Waals surface area (Å²) in [5.74, 6) is -0.626. The molecule has 0 bridgehead atoms. The van der Waals surface area contributed by atoms with E-state index in [1.807, 2.05) is 0 Å². The Morgan fingerprint density at radius 3 is 2.56 bits per heavy atom. The van der Waals surface area contributed by atoms with Gasteiger partial charge in [-0.15, -0.1) is 13.2 Å². The maximum absolute atomic E-state index is 12.9. The van der Waals surface area contributed by atoms with Crippen LogP contribution in [0.1, 0.15) is 11.9 Å². The third kappa shape index (κ3) is 3.88. The molecule has 3 N–H and O–H groups in total. The molecule has 1 fully saturated rings. The van der Waals surface area contributed by atoms with Crippen molar-refractivity contribution in [1.82, 2.24) is 14.3 Å². The molecule has 11 nitrogen and oxygen atoms in total. The molecule has 1 aliphatic rings. The van der Waals surface area contributed by atoms with E-state index in [9.17, 15) is 38.1 Å². The molecular weight excluding hydrogens is 443 g/mol. The zero-order chi connectivity index (χ0) is 23.2. The van der Waals surface area contributed by atoms with Crippen LogP contribution in [0.5, 0.6) is 5.75 Å². The highest BCUT2D eigenvalue weighted by Gasteiger charge is 2.44. The molecule has 3 aromatic rings. The minimum absolute atomic E-state index is 0.0606. The van der Waals surface area contributed by atoms with E-state index in [0.717, 1.165) is 22.9 Å². The van der Waals surface area contributed by atoms with Crippen molar-refractivity contribution in [1.29, 1.82) is 0 Å². The van der Waals surface area contributed by atoms with Gasteiger partial charge in [0, 0.05) is 12.3 Å². The number of alkyl halides is 3. The number of nitrogens with zero attached hydrogens (tertiary/aromatic N) is 3. The van der Waals surface area contributed by atoms with Crippen molar-refractivity contribution in [3.05, 3.63) is 57.0 Å². The Balaban J connectivity index is 1.75. The molecule has 14 heteroatoms. The van der Waals surface area contributed by atoms with Crippen LogP contribution in [0.4, 0.5) is 13.2 Å². The first kappa shape index (κ1) is 22.0. The third-order valence-corrected chi connectivity index (χ3v) is 4.95. The largest absolute Gasteiger partial charge is 0.573 e. The Bertz CT molecular complexity index is 1250. The van der Waals surface area contributed by atoms with Gasteiger partial charge in [0.05, 0.1) is 18.5 Å². The highest BCUT2D eigenvalue weighted by atomic mass is 19.4. The van der Waals surface area contributed by atoms with Gasteiger partial charge in [0.1, 0.15) is 29.8 Å². The smallest absolute Gasteiger partial charge is 0.405 e. The molecule has 0 unspecified atom stereocenters. The Kier molecular flexibility index (Phi) is 5.54. The van der Waals surface area contributed by atoms with Gasteiger partial charge in [-0.05, 0) is 12.1 Å². The number of aliphatic hydroxyl groups is 3. The SMILES string of the molecule is O=c1ccn([C@@H]2O[C@H](CO)[C@@H](O)[C@H]2O)c(=O)n1Cc1noc2cccc(OC(F)(F)F)c12. The van der Waals surface area contributed by atoms with Crippen LogP contribution in [0.2, 0.25) is 0 Å². The Morgan fingerprint density at radius 2 is 1.91 bits per heavy atom. The van der Waals surface area contributed by atoms with Gasteiger partial charge in [-0.25, -0.2) is 4.79 Å². The van der Waals surface area contributed by atoms with E-state index in [1.54, 1.807) is 0 Å². The van der Waals surface area contributed by atoms with E-state index in [-0.39, 0.29) is 16.7 Å². The highest BCUT2D eigenvalue weighted by Crippen LogP contribution is 2.33. The maximum atomic E-state index is 12.9.